The summed E-state index contributed by atoms with van der Waals surface area (Å²) in [6.45, 7) is 4.06. The lowest BCUT2D eigenvalue weighted by molar-refractivity contribution is -0.119. The van der Waals surface area contributed by atoms with E-state index in [1.54, 1.807) is 0 Å². The zero-order valence-corrected chi connectivity index (χ0v) is 12.7. The van der Waals surface area contributed by atoms with Gasteiger partial charge >= 0.3 is 0 Å². The predicted octanol–water partition coefficient (Wildman–Crippen LogP) is 3.47. The Morgan fingerprint density at radius 2 is 1.86 bits per heavy atom. The zero-order chi connectivity index (χ0) is 15.5. The summed E-state index contributed by atoms with van der Waals surface area (Å²) >= 11 is 0. The lowest BCUT2D eigenvalue weighted by atomic mass is 10.1. The minimum atomic E-state index is -0.0608. The highest BCUT2D eigenvalue weighted by molar-refractivity contribution is 5.90. The monoisotopic (exact) mass is 293 g/mol. The lowest BCUT2D eigenvalue weighted by Gasteiger charge is -2.08. The Labute approximate surface area is 129 Å². The molecular formula is C18H19N3O. The van der Waals surface area contributed by atoms with Crippen LogP contribution in [0.25, 0.3) is 10.9 Å². The number of nitrogens with one attached hydrogen (secondary N) is 3. The van der Waals surface area contributed by atoms with Crippen LogP contribution in [0.3, 0.4) is 0 Å². The van der Waals surface area contributed by atoms with E-state index in [2.05, 4.69) is 41.0 Å². The molecule has 3 N–H and O–H groups in total. The summed E-state index contributed by atoms with van der Waals surface area (Å²) in [5, 5.41) is 1.12. The Bertz CT molecular complexity index is 806. The van der Waals surface area contributed by atoms with Crippen LogP contribution in [-0.4, -0.2) is 10.9 Å². The Morgan fingerprint density at radius 3 is 2.64 bits per heavy atom. The first-order valence-electron chi connectivity index (χ1n) is 7.31. The van der Waals surface area contributed by atoms with Gasteiger partial charge in [0.2, 0.25) is 5.91 Å². The zero-order valence-electron chi connectivity index (χ0n) is 12.7. The number of rotatable bonds is 4. The molecule has 3 rings (SSSR count). The van der Waals surface area contributed by atoms with Gasteiger partial charge in [0, 0.05) is 16.6 Å². The van der Waals surface area contributed by atoms with Crippen LogP contribution in [0.2, 0.25) is 0 Å². The molecule has 22 heavy (non-hydrogen) atoms. The number of H-pyrrole nitrogens is 1. The molecular weight excluding hydrogens is 274 g/mol. The maximum atomic E-state index is 12.2. The Kier molecular flexibility index (Phi) is 3.83. The van der Waals surface area contributed by atoms with Gasteiger partial charge in [-0.3, -0.25) is 15.6 Å². The fourth-order valence-corrected chi connectivity index (χ4v) is 2.59. The number of anilines is 1. The van der Waals surface area contributed by atoms with E-state index in [1.165, 1.54) is 5.56 Å². The summed E-state index contributed by atoms with van der Waals surface area (Å²) in [4.78, 5) is 15.5. The van der Waals surface area contributed by atoms with Gasteiger partial charge in [-0.25, -0.2) is 0 Å². The highest BCUT2D eigenvalue weighted by Gasteiger charge is 2.12. The van der Waals surface area contributed by atoms with E-state index in [4.69, 9.17) is 0 Å². The molecule has 1 heterocycles. The maximum absolute atomic E-state index is 12.2. The highest BCUT2D eigenvalue weighted by Crippen LogP contribution is 2.23. The van der Waals surface area contributed by atoms with E-state index in [-0.39, 0.29) is 5.91 Å². The van der Waals surface area contributed by atoms with Crippen LogP contribution in [0.4, 0.5) is 5.69 Å². The molecule has 0 fully saturated rings. The van der Waals surface area contributed by atoms with Crippen LogP contribution in [-0.2, 0) is 11.2 Å². The second kappa shape index (κ2) is 5.93. The van der Waals surface area contributed by atoms with Gasteiger partial charge < -0.3 is 4.98 Å². The molecule has 0 bridgehead atoms. The largest absolute Gasteiger partial charge is 0.358 e. The van der Waals surface area contributed by atoms with E-state index in [0.717, 1.165) is 27.8 Å². The van der Waals surface area contributed by atoms with E-state index in [9.17, 15) is 4.79 Å². The summed E-state index contributed by atoms with van der Waals surface area (Å²) in [6.07, 6.45) is 0.342. The number of para-hydroxylation sites is 1. The van der Waals surface area contributed by atoms with Gasteiger partial charge in [-0.2, -0.15) is 0 Å². The molecule has 0 saturated heterocycles. The number of carbonyl (C=O) groups is 1. The summed E-state index contributed by atoms with van der Waals surface area (Å²) in [6, 6.07) is 15.8. The van der Waals surface area contributed by atoms with Crippen molar-refractivity contribution in [2.45, 2.75) is 20.3 Å². The van der Waals surface area contributed by atoms with Crippen molar-refractivity contribution in [3.8, 4) is 0 Å². The maximum Gasteiger partial charge on any atom is 0.242 e. The van der Waals surface area contributed by atoms with Crippen LogP contribution < -0.4 is 10.9 Å². The molecule has 112 valence electrons. The van der Waals surface area contributed by atoms with E-state index < -0.39 is 0 Å². The number of hydrogen-bond acceptors (Lipinski definition) is 2. The standard InChI is InChI=1S/C18H19N3O/c1-12-8-9-17-16(10-12)15(13(2)19-17)11-18(22)21-20-14-6-4-3-5-7-14/h3-10,19-20H,11H2,1-2H3,(H,21,22). The van der Waals surface area contributed by atoms with Gasteiger partial charge in [0.25, 0.3) is 0 Å². The predicted molar refractivity (Wildman–Crippen MR) is 89.7 cm³/mol. The Balaban J connectivity index is 1.74. The molecule has 1 aromatic heterocycles. The third-order valence-electron chi connectivity index (χ3n) is 3.73. The molecule has 2 aromatic carbocycles. The minimum Gasteiger partial charge on any atom is -0.358 e. The molecule has 4 heteroatoms. The van der Waals surface area contributed by atoms with Crippen LogP contribution in [0.1, 0.15) is 16.8 Å². The second-order valence-electron chi connectivity index (χ2n) is 5.49. The molecule has 0 saturated carbocycles. The average Bonchev–Trinajstić information content (AvgIpc) is 2.82. The van der Waals surface area contributed by atoms with Crippen molar-refractivity contribution in [1.29, 1.82) is 0 Å². The molecule has 0 spiro atoms. The number of aromatic nitrogens is 1. The molecule has 0 radical (unpaired) electrons. The van der Waals surface area contributed by atoms with Gasteiger partial charge in [0.15, 0.2) is 0 Å². The van der Waals surface area contributed by atoms with Gasteiger partial charge in [0.1, 0.15) is 0 Å². The van der Waals surface area contributed by atoms with Gasteiger partial charge in [-0.15, -0.1) is 0 Å². The van der Waals surface area contributed by atoms with E-state index in [1.807, 2.05) is 37.3 Å². The second-order valence-corrected chi connectivity index (χ2v) is 5.49. The number of amides is 1. The third-order valence-corrected chi connectivity index (χ3v) is 3.73. The highest BCUT2D eigenvalue weighted by atomic mass is 16.2. The Morgan fingerprint density at radius 1 is 1.09 bits per heavy atom. The SMILES string of the molecule is Cc1ccc2[nH]c(C)c(CC(=O)NNc3ccccc3)c2c1. The smallest absolute Gasteiger partial charge is 0.242 e. The fraction of sp³-hybridized carbons (Fsp3) is 0.167. The number of aryl methyl sites for hydroxylation is 2. The first-order chi connectivity index (χ1) is 10.6. The average molecular weight is 293 g/mol. The topological polar surface area (TPSA) is 56.9 Å². The first kappa shape index (κ1) is 14.2. The summed E-state index contributed by atoms with van der Waals surface area (Å²) in [7, 11) is 0. The molecule has 0 unspecified atom stereocenters. The summed E-state index contributed by atoms with van der Waals surface area (Å²) in [5.74, 6) is -0.0608. The van der Waals surface area contributed by atoms with E-state index >= 15 is 0 Å². The fourth-order valence-electron chi connectivity index (χ4n) is 2.59. The van der Waals surface area contributed by atoms with Crippen LogP contribution in [0.15, 0.2) is 48.5 Å². The van der Waals surface area contributed by atoms with Crippen LogP contribution >= 0.6 is 0 Å². The normalized spacial score (nSPS) is 10.6. The molecule has 0 aliphatic carbocycles. The first-order valence-corrected chi connectivity index (χ1v) is 7.31. The molecule has 1 amide bonds. The number of fused-ring (bicyclic) bond motifs is 1. The number of benzene rings is 2. The van der Waals surface area contributed by atoms with Crippen LogP contribution in [0.5, 0.6) is 0 Å². The number of aromatic amines is 1. The van der Waals surface area contributed by atoms with Crippen molar-refractivity contribution in [3.05, 3.63) is 65.4 Å². The Hall–Kier alpha value is -2.75. The van der Waals surface area contributed by atoms with Gasteiger partial charge in [-0.1, -0.05) is 29.8 Å². The molecule has 0 aliphatic heterocycles. The van der Waals surface area contributed by atoms with Crippen molar-refractivity contribution in [2.24, 2.45) is 0 Å². The quantitative estimate of drug-likeness (QED) is 0.645. The number of carbonyl (C=O) groups excluding carboxylic acids is 1. The summed E-state index contributed by atoms with van der Waals surface area (Å²) < 4.78 is 0. The number of hydrazine groups is 1. The summed E-state index contributed by atoms with van der Waals surface area (Å²) in [5.41, 5.74) is 10.9. The van der Waals surface area contributed by atoms with Crippen molar-refractivity contribution in [3.63, 3.8) is 0 Å². The van der Waals surface area contributed by atoms with Crippen molar-refractivity contribution in [1.82, 2.24) is 10.4 Å². The van der Waals surface area contributed by atoms with Crippen LogP contribution in [0, 0.1) is 13.8 Å². The molecule has 3 aromatic rings. The molecule has 0 aliphatic rings. The van der Waals surface area contributed by atoms with Gasteiger partial charge in [0.05, 0.1) is 12.1 Å². The van der Waals surface area contributed by atoms with Crippen molar-refractivity contribution >= 4 is 22.5 Å². The molecule has 0 atom stereocenters. The number of hydrogen-bond donors (Lipinski definition) is 3. The van der Waals surface area contributed by atoms with Crippen molar-refractivity contribution in [2.75, 3.05) is 5.43 Å². The van der Waals surface area contributed by atoms with E-state index in [0.29, 0.717) is 6.42 Å². The van der Waals surface area contributed by atoms with Gasteiger partial charge in [-0.05, 0) is 43.7 Å². The van der Waals surface area contributed by atoms with Crippen molar-refractivity contribution < 1.29 is 4.79 Å². The minimum absolute atomic E-state index is 0.0608. The molecule has 4 nitrogen and oxygen atoms in total. The lowest BCUT2D eigenvalue weighted by Crippen LogP contribution is -2.30. The third kappa shape index (κ3) is 2.96.